The van der Waals surface area contributed by atoms with Crippen LogP contribution in [0.15, 0.2) is 0 Å². The van der Waals surface area contributed by atoms with E-state index in [1.807, 2.05) is 6.92 Å². The van der Waals surface area contributed by atoms with E-state index in [1.165, 1.54) is 12.8 Å². The van der Waals surface area contributed by atoms with Gasteiger partial charge in [0.25, 0.3) is 0 Å². The summed E-state index contributed by atoms with van der Waals surface area (Å²) < 4.78 is 5.54. The molecule has 0 aromatic heterocycles. The van der Waals surface area contributed by atoms with Crippen molar-refractivity contribution in [2.24, 2.45) is 0 Å². The van der Waals surface area contributed by atoms with Crippen LogP contribution in [0.4, 0.5) is 0 Å². The van der Waals surface area contributed by atoms with Gasteiger partial charge < -0.3 is 15.2 Å². The third-order valence-corrected chi connectivity index (χ3v) is 2.48. The van der Waals surface area contributed by atoms with E-state index in [9.17, 15) is 0 Å². The van der Waals surface area contributed by atoms with Gasteiger partial charge >= 0.3 is 0 Å². The first-order valence-corrected chi connectivity index (χ1v) is 5.21. The van der Waals surface area contributed by atoms with Gasteiger partial charge in [-0.05, 0) is 33.1 Å². The van der Waals surface area contributed by atoms with Crippen LogP contribution in [0.25, 0.3) is 0 Å². The molecule has 3 unspecified atom stereocenters. The molecule has 3 atom stereocenters. The van der Waals surface area contributed by atoms with E-state index in [4.69, 9.17) is 9.84 Å². The Morgan fingerprint density at radius 1 is 1.46 bits per heavy atom. The fourth-order valence-corrected chi connectivity index (χ4v) is 1.83. The third-order valence-electron chi connectivity index (χ3n) is 2.48. The molecular formula is C10H21NO2. The molecule has 0 aromatic carbocycles. The van der Waals surface area contributed by atoms with E-state index < -0.39 is 0 Å². The van der Waals surface area contributed by atoms with Crippen LogP contribution in [0.3, 0.4) is 0 Å². The van der Waals surface area contributed by atoms with Crippen LogP contribution in [-0.4, -0.2) is 36.5 Å². The van der Waals surface area contributed by atoms with Crippen LogP contribution in [0.1, 0.15) is 33.1 Å². The van der Waals surface area contributed by atoms with Crippen molar-refractivity contribution >= 4 is 0 Å². The Balaban J connectivity index is 2.12. The van der Waals surface area contributed by atoms with Gasteiger partial charge in [0.1, 0.15) is 0 Å². The molecule has 1 saturated heterocycles. The largest absolute Gasteiger partial charge is 0.395 e. The van der Waals surface area contributed by atoms with E-state index in [2.05, 4.69) is 12.2 Å². The molecule has 3 nitrogen and oxygen atoms in total. The summed E-state index contributed by atoms with van der Waals surface area (Å²) in [5.74, 6) is 0. The maximum Gasteiger partial charge on any atom is 0.0590 e. The van der Waals surface area contributed by atoms with Crippen LogP contribution in [0.5, 0.6) is 0 Å². The lowest BCUT2D eigenvalue weighted by Gasteiger charge is -2.20. The molecule has 0 bridgehead atoms. The quantitative estimate of drug-likeness (QED) is 0.672. The van der Waals surface area contributed by atoms with Crippen molar-refractivity contribution in [3.8, 4) is 0 Å². The first kappa shape index (κ1) is 11.0. The van der Waals surface area contributed by atoms with E-state index in [1.54, 1.807) is 0 Å². The summed E-state index contributed by atoms with van der Waals surface area (Å²) in [6.45, 7) is 5.27. The monoisotopic (exact) mass is 187 g/mol. The average molecular weight is 187 g/mol. The van der Waals surface area contributed by atoms with Gasteiger partial charge in [0.05, 0.1) is 12.7 Å². The van der Waals surface area contributed by atoms with Crippen LogP contribution < -0.4 is 5.32 Å². The summed E-state index contributed by atoms with van der Waals surface area (Å²) >= 11 is 0. The minimum Gasteiger partial charge on any atom is -0.395 e. The summed E-state index contributed by atoms with van der Waals surface area (Å²) in [4.78, 5) is 0. The van der Waals surface area contributed by atoms with Crippen molar-refractivity contribution in [3.63, 3.8) is 0 Å². The van der Waals surface area contributed by atoms with Gasteiger partial charge in [0.2, 0.25) is 0 Å². The zero-order valence-electron chi connectivity index (χ0n) is 8.62. The van der Waals surface area contributed by atoms with E-state index in [0.717, 1.165) is 13.0 Å². The second kappa shape index (κ2) is 5.58. The van der Waals surface area contributed by atoms with E-state index in [0.29, 0.717) is 12.1 Å². The van der Waals surface area contributed by atoms with Crippen molar-refractivity contribution in [3.05, 3.63) is 0 Å². The van der Waals surface area contributed by atoms with E-state index in [-0.39, 0.29) is 12.6 Å². The lowest BCUT2D eigenvalue weighted by atomic mass is 10.1. The fraction of sp³-hybridized carbons (Fsp3) is 1.00. The molecule has 0 spiro atoms. The molecule has 0 radical (unpaired) electrons. The number of hydrogen-bond donors (Lipinski definition) is 2. The summed E-state index contributed by atoms with van der Waals surface area (Å²) in [6.07, 6.45) is 3.89. The SMILES string of the molecule is CC(CO)NC(C)CC1CCCO1. The van der Waals surface area contributed by atoms with Crippen molar-refractivity contribution in [1.29, 1.82) is 0 Å². The van der Waals surface area contributed by atoms with Crippen LogP contribution in [0.2, 0.25) is 0 Å². The van der Waals surface area contributed by atoms with Crippen molar-refractivity contribution < 1.29 is 9.84 Å². The lowest BCUT2D eigenvalue weighted by Crippen LogP contribution is -2.38. The predicted octanol–water partition coefficient (Wildman–Crippen LogP) is 0.914. The van der Waals surface area contributed by atoms with Gasteiger partial charge in [-0.25, -0.2) is 0 Å². The summed E-state index contributed by atoms with van der Waals surface area (Å²) in [5.41, 5.74) is 0. The average Bonchev–Trinajstić information content (AvgIpc) is 2.56. The first-order chi connectivity index (χ1) is 6.22. The number of nitrogens with one attached hydrogen (secondary N) is 1. The molecule has 2 N–H and O–H groups in total. The molecule has 1 fully saturated rings. The molecule has 0 aromatic rings. The van der Waals surface area contributed by atoms with Crippen molar-refractivity contribution in [2.75, 3.05) is 13.2 Å². The highest BCUT2D eigenvalue weighted by Crippen LogP contribution is 2.16. The number of aliphatic hydroxyl groups excluding tert-OH is 1. The Hall–Kier alpha value is -0.120. The maximum atomic E-state index is 8.85. The molecule has 0 amide bonds. The third kappa shape index (κ3) is 4.07. The Labute approximate surface area is 80.5 Å². The minimum absolute atomic E-state index is 0.191. The Kier molecular flexibility index (Phi) is 4.70. The highest BCUT2D eigenvalue weighted by atomic mass is 16.5. The summed E-state index contributed by atoms with van der Waals surface area (Å²) in [7, 11) is 0. The topological polar surface area (TPSA) is 41.5 Å². The standard InChI is InChI=1S/C10H21NO2/c1-8(11-9(2)7-12)6-10-4-3-5-13-10/h8-12H,3-7H2,1-2H3. The molecule has 0 aliphatic carbocycles. The summed E-state index contributed by atoms with van der Waals surface area (Å²) in [5, 5.41) is 12.2. The Bertz CT molecular complexity index is 135. The number of ether oxygens (including phenoxy) is 1. The van der Waals surface area contributed by atoms with Gasteiger partial charge in [0, 0.05) is 18.7 Å². The zero-order valence-corrected chi connectivity index (χ0v) is 8.62. The number of hydrogen-bond acceptors (Lipinski definition) is 3. The molecule has 3 heteroatoms. The van der Waals surface area contributed by atoms with Gasteiger partial charge in [-0.1, -0.05) is 0 Å². The van der Waals surface area contributed by atoms with Gasteiger partial charge in [-0.15, -0.1) is 0 Å². The second-order valence-electron chi connectivity index (χ2n) is 4.02. The van der Waals surface area contributed by atoms with Crippen molar-refractivity contribution in [1.82, 2.24) is 5.32 Å². The van der Waals surface area contributed by atoms with Crippen LogP contribution >= 0.6 is 0 Å². The highest BCUT2D eigenvalue weighted by molar-refractivity contribution is 4.73. The minimum atomic E-state index is 0.191. The number of rotatable bonds is 5. The maximum absolute atomic E-state index is 8.85. The highest BCUT2D eigenvalue weighted by Gasteiger charge is 2.18. The van der Waals surface area contributed by atoms with Gasteiger partial charge in [0.15, 0.2) is 0 Å². The normalized spacial score (nSPS) is 27.5. The molecule has 0 saturated carbocycles. The summed E-state index contributed by atoms with van der Waals surface area (Å²) in [6, 6.07) is 0.627. The predicted molar refractivity (Wildman–Crippen MR) is 52.7 cm³/mol. The van der Waals surface area contributed by atoms with Crippen LogP contribution in [0, 0.1) is 0 Å². The van der Waals surface area contributed by atoms with E-state index >= 15 is 0 Å². The molecule has 1 heterocycles. The Morgan fingerprint density at radius 2 is 2.23 bits per heavy atom. The lowest BCUT2D eigenvalue weighted by molar-refractivity contribution is 0.0937. The van der Waals surface area contributed by atoms with Gasteiger partial charge in [-0.2, -0.15) is 0 Å². The molecule has 1 aliphatic heterocycles. The second-order valence-corrected chi connectivity index (χ2v) is 4.02. The first-order valence-electron chi connectivity index (χ1n) is 5.21. The zero-order chi connectivity index (χ0) is 9.68. The molecular weight excluding hydrogens is 166 g/mol. The molecule has 13 heavy (non-hydrogen) atoms. The van der Waals surface area contributed by atoms with Crippen LogP contribution in [-0.2, 0) is 4.74 Å². The molecule has 78 valence electrons. The number of aliphatic hydroxyl groups is 1. The van der Waals surface area contributed by atoms with Crippen molar-refractivity contribution in [2.45, 2.75) is 51.3 Å². The molecule has 1 rings (SSSR count). The smallest absolute Gasteiger partial charge is 0.0590 e. The Morgan fingerprint density at radius 3 is 2.77 bits per heavy atom. The van der Waals surface area contributed by atoms with Gasteiger partial charge in [-0.3, -0.25) is 0 Å². The fourth-order valence-electron chi connectivity index (χ4n) is 1.83. The molecule has 1 aliphatic rings.